The molecular formula is C34H47N5O. The number of fused-ring (bicyclic) bond motifs is 1. The largest absolute Gasteiger partial charge is 0.309 e. The van der Waals surface area contributed by atoms with Crippen LogP contribution in [0.2, 0.25) is 0 Å². The lowest BCUT2D eigenvalue weighted by atomic mass is 9.75. The molecular weight excluding hydrogens is 494 g/mol. The third kappa shape index (κ3) is 5.41. The van der Waals surface area contributed by atoms with Gasteiger partial charge in [-0.1, -0.05) is 55.8 Å². The molecule has 5 rings (SSSR count). The van der Waals surface area contributed by atoms with E-state index in [0.717, 1.165) is 67.5 Å². The van der Waals surface area contributed by atoms with Crippen molar-refractivity contribution in [2.75, 3.05) is 27.2 Å². The summed E-state index contributed by atoms with van der Waals surface area (Å²) < 4.78 is 1.94. The summed E-state index contributed by atoms with van der Waals surface area (Å²) in [5.41, 5.74) is 4.75. The summed E-state index contributed by atoms with van der Waals surface area (Å²) in [7, 11) is 4.37. The Kier molecular flexibility index (Phi) is 8.60. The second-order valence-electron chi connectivity index (χ2n) is 12.2. The van der Waals surface area contributed by atoms with E-state index in [2.05, 4.69) is 112 Å². The highest BCUT2D eigenvalue weighted by molar-refractivity contribution is 5.83. The van der Waals surface area contributed by atoms with Gasteiger partial charge in [-0.25, -0.2) is 4.98 Å². The molecule has 0 radical (unpaired) electrons. The summed E-state index contributed by atoms with van der Waals surface area (Å²) in [5, 5.41) is 4.38. The number of rotatable bonds is 8. The summed E-state index contributed by atoms with van der Waals surface area (Å²) in [5.74, 6) is 0.923. The van der Waals surface area contributed by atoms with E-state index >= 15 is 0 Å². The molecule has 1 aliphatic heterocycles. The zero-order valence-corrected chi connectivity index (χ0v) is 25.3. The molecule has 214 valence electrons. The summed E-state index contributed by atoms with van der Waals surface area (Å²) in [6.45, 7) is 11.4. The number of hydrogen-bond donors (Lipinski definition) is 1. The molecule has 4 atom stereocenters. The first-order valence-corrected chi connectivity index (χ1v) is 15.2. The van der Waals surface area contributed by atoms with Gasteiger partial charge in [-0.05, 0) is 89.4 Å². The molecule has 0 spiro atoms. The van der Waals surface area contributed by atoms with Gasteiger partial charge in [-0.15, -0.1) is 0 Å². The van der Waals surface area contributed by atoms with Crippen LogP contribution in [0.15, 0.2) is 59.4 Å². The predicted molar refractivity (Wildman–Crippen MR) is 167 cm³/mol. The summed E-state index contributed by atoms with van der Waals surface area (Å²) in [4.78, 5) is 24.1. The maximum Gasteiger partial charge on any atom is 0.261 e. The van der Waals surface area contributed by atoms with E-state index < -0.39 is 0 Å². The number of allylic oxidation sites excluding steroid dienone is 1. The Bertz CT molecular complexity index is 1400. The minimum atomic E-state index is 0.000247. The number of aromatic nitrogens is 2. The maximum absolute atomic E-state index is 14.0. The van der Waals surface area contributed by atoms with Crippen molar-refractivity contribution in [2.24, 2.45) is 0 Å². The van der Waals surface area contributed by atoms with Crippen molar-refractivity contribution < 1.29 is 0 Å². The van der Waals surface area contributed by atoms with Crippen molar-refractivity contribution in [2.45, 2.75) is 90.0 Å². The van der Waals surface area contributed by atoms with Crippen LogP contribution in [0.5, 0.6) is 0 Å². The summed E-state index contributed by atoms with van der Waals surface area (Å²) in [6, 6.07) is 18.2. The van der Waals surface area contributed by atoms with Gasteiger partial charge in [0.1, 0.15) is 5.82 Å². The number of nitrogens with one attached hydrogen (secondary N) is 1. The minimum absolute atomic E-state index is 0.000247. The van der Waals surface area contributed by atoms with Crippen molar-refractivity contribution >= 4 is 16.5 Å². The molecule has 1 aliphatic carbocycles. The van der Waals surface area contributed by atoms with E-state index in [1.807, 2.05) is 4.57 Å². The molecule has 1 saturated heterocycles. The first-order chi connectivity index (χ1) is 19.3. The SMILES string of the molecule is CCC[C@@H](c1nc2ccc(C3=CC[C@](c4ccccc4)(N(C)C)CC3)cc2c(=O)n1CC)N1C[C@@H](C)N[C@@H](C)C1. The van der Waals surface area contributed by atoms with Gasteiger partial charge >= 0.3 is 0 Å². The van der Waals surface area contributed by atoms with Gasteiger partial charge in [0.15, 0.2) is 0 Å². The molecule has 1 N–H and O–H groups in total. The van der Waals surface area contributed by atoms with Crippen LogP contribution in [0.1, 0.15) is 82.8 Å². The zero-order valence-electron chi connectivity index (χ0n) is 25.3. The summed E-state index contributed by atoms with van der Waals surface area (Å²) >= 11 is 0. The van der Waals surface area contributed by atoms with Crippen molar-refractivity contribution in [3.05, 3.63) is 81.9 Å². The highest BCUT2D eigenvalue weighted by Crippen LogP contribution is 2.43. The highest BCUT2D eigenvalue weighted by Gasteiger charge is 2.36. The van der Waals surface area contributed by atoms with Crippen LogP contribution >= 0.6 is 0 Å². The molecule has 2 aromatic carbocycles. The fourth-order valence-corrected chi connectivity index (χ4v) is 7.14. The van der Waals surface area contributed by atoms with Gasteiger partial charge in [-0.2, -0.15) is 0 Å². The molecule has 2 aliphatic rings. The Morgan fingerprint density at radius 2 is 1.80 bits per heavy atom. The van der Waals surface area contributed by atoms with Gasteiger partial charge in [-0.3, -0.25) is 19.2 Å². The number of hydrogen-bond acceptors (Lipinski definition) is 5. The molecule has 1 aromatic heterocycles. The predicted octanol–water partition coefficient (Wildman–Crippen LogP) is 5.96. The Balaban J connectivity index is 1.50. The molecule has 0 amide bonds. The smallest absolute Gasteiger partial charge is 0.261 e. The molecule has 6 nitrogen and oxygen atoms in total. The first-order valence-electron chi connectivity index (χ1n) is 15.2. The Labute approximate surface area is 240 Å². The monoisotopic (exact) mass is 541 g/mol. The molecule has 2 heterocycles. The topological polar surface area (TPSA) is 53.4 Å². The first kappa shape index (κ1) is 28.7. The average molecular weight is 542 g/mol. The van der Waals surface area contributed by atoms with Crippen molar-refractivity contribution in [1.82, 2.24) is 24.7 Å². The lowest BCUT2D eigenvalue weighted by Crippen LogP contribution is -2.55. The Hall–Kier alpha value is -2.80. The second kappa shape index (κ2) is 12.0. The average Bonchev–Trinajstić information content (AvgIpc) is 2.95. The molecule has 0 bridgehead atoms. The fraction of sp³-hybridized carbons (Fsp3) is 0.529. The van der Waals surface area contributed by atoms with E-state index in [1.54, 1.807) is 0 Å². The molecule has 3 aromatic rings. The number of nitrogens with zero attached hydrogens (tertiary/aromatic N) is 4. The fourth-order valence-electron chi connectivity index (χ4n) is 7.14. The lowest BCUT2D eigenvalue weighted by molar-refractivity contribution is 0.109. The standard InChI is InChI=1S/C34H47N5O/c1-7-12-31(38-22-24(3)35-25(4)23-38)32-36-30-16-15-27(21-29(30)33(40)39(32)8-2)26-17-19-34(20-18-26,37(5)6)28-13-10-9-11-14-28/h9-11,13-17,21,24-25,31,35H,7-8,12,18-20,22-23H2,1-6H3/t24-,25+,31-,34-/m0/s1. The molecule has 0 saturated carbocycles. The molecule has 0 unspecified atom stereocenters. The van der Waals surface area contributed by atoms with Crippen LogP contribution in [-0.2, 0) is 12.1 Å². The summed E-state index contributed by atoms with van der Waals surface area (Å²) in [6.07, 6.45) is 7.42. The van der Waals surface area contributed by atoms with Crippen molar-refractivity contribution in [3.63, 3.8) is 0 Å². The molecule has 40 heavy (non-hydrogen) atoms. The molecule has 6 heteroatoms. The third-order valence-corrected chi connectivity index (χ3v) is 9.22. The van der Waals surface area contributed by atoms with Gasteiger partial charge in [0.25, 0.3) is 5.56 Å². The number of piperazine rings is 1. The maximum atomic E-state index is 14.0. The Morgan fingerprint density at radius 3 is 2.40 bits per heavy atom. The lowest BCUT2D eigenvalue weighted by Gasteiger charge is -2.43. The van der Waals surface area contributed by atoms with E-state index in [9.17, 15) is 4.79 Å². The van der Waals surface area contributed by atoms with Crippen LogP contribution in [0.25, 0.3) is 16.5 Å². The van der Waals surface area contributed by atoms with E-state index in [1.165, 1.54) is 11.1 Å². The van der Waals surface area contributed by atoms with Crippen LogP contribution in [0, 0.1) is 0 Å². The van der Waals surface area contributed by atoms with E-state index in [-0.39, 0.29) is 17.1 Å². The van der Waals surface area contributed by atoms with Crippen molar-refractivity contribution in [1.29, 1.82) is 0 Å². The number of benzene rings is 2. The molecule has 1 fully saturated rings. The second-order valence-corrected chi connectivity index (χ2v) is 12.2. The Morgan fingerprint density at radius 1 is 1.07 bits per heavy atom. The van der Waals surface area contributed by atoms with Gasteiger partial charge in [0, 0.05) is 37.3 Å². The van der Waals surface area contributed by atoms with E-state index in [4.69, 9.17) is 4.98 Å². The van der Waals surface area contributed by atoms with Crippen molar-refractivity contribution in [3.8, 4) is 0 Å². The van der Waals surface area contributed by atoms with E-state index in [0.29, 0.717) is 18.6 Å². The van der Waals surface area contributed by atoms with Gasteiger partial charge in [0.05, 0.1) is 16.9 Å². The quantitative estimate of drug-likeness (QED) is 0.381. The van der Waals surface area contributed by atoms with Crippen LogP contribution in [-0.4, -0.2) is 58.6 Å². The third-order valence-electron chi connectivity index (χ3n) is 9.22. The van der Waals surface area contributed by atoms with Gasteiger partial charge < -0.3 is 5.32 Å². The zero-order chi connectivity index (χ0) is 28.4. The highest BCUT2D eigenvalue weighted by atomic mass is 16.1. The van der Waals surface area contributed by atoms with Crippen LogP contribution in [0.3, 0.4) is 0 Å². The van der Waals surface area contributed by atoms with Crippen LogP contribution < -0.4 is 10.9 Å². The van der Waals surface area contributed by atoms with Gasteiger partial charge in [0.2, 0.25) is 0 Å². The minimum Gasteiger partial charge on any atom is -0.309 e. The van der Waals surface area contributed by atoms with Crippen LogP contribution in [0.4, 0.5) is 0 Å². The normalized spacial score (nSPS) is 24.8.